The third-order valence-electron chi connectivity index (χ3n) is 15.0. The number of pyridine rings is 1. The van der Waals surface area contributed by atoms with Crippen molar-refractivity contribution in [2.24, 2.45) is 5.41 Å². The maximum atomic E-state index is 14.7. The van der Waals surface area contributed by atoms with Gasteiger partial charge in [0.15, 0.2) is 5.69 Å². The third-order valence-corrected chi connectivity index (χ3v) is 16.6. The first kappa shape index (κ1) is 51.2. The number of nitrogens with zero attached hydrogens (tertiary/aromatic N) is 4. The number of halogens is 1. The standard InChI is InChI=1S/C53H65ClN8O10S/c1-52(2)29-42(35-6-8-37(54)9-7-35)43-32-60-20-19-59(31-39(60)33-70-21-5-23-71-48(43)30-52)38-10-12-41(45(27-38)61-18-4-22-72-51-47(61)26-36-14-17-55-49(36)57-51)50(63)58-73(66,67)40-11-13-44(46(28-40)62(64)65)56-34-53(68-3)15-24-69-25-16-53/h6-14,17,26-28,39,48,56,62,64H,4-5,15-16,18-25,29-34H2,1-3H3,(H,55,57)(H,58,63)/t39?,48-/m1/s1. The van der Waals surface area contributed by atoms with Crippen molar-refractivity contribution in [3.8, 4) is 5.88 Å². The summed E-state index contributed by atoms with van der Waals surface area (Å²) in [5.41, 5.74) is 5.87. The monoisotopic (exact) mass is 1040 g/mol. The summed E-state index contributed by atoms with van der Waals surface area (Å²) in [6.45, 7) is 11.2. The summed E-state index contributed by atoms with van der Waals surface area (Å²) in [4.78, 5) is 29.0. The summed E-state index contributed by atoms with van der Waals surface area (Å²) >= 11 is 6.38. The second kappa shape index (κ2) is 21.5. The smallest absolute Gasteiger partial charge is 0.267 e. The minimum atomic E-state index is -4.61. The highest BCUT2D eigenvalue weighted by Crippen LogP contribution is 2.46. The molecule has 0 radical (unpaired) electrons. The number of methoxy groups -OCH3 is 1. The Hall–Kier alpha value is -5.32. The summed E-state index contributed by atoms with van der Waals surface area (Å²) in [7, 11) is -3.00. The highest BCUT2D eigenvalue weighted by molar-refractivity contribution is 7.90. The Morgan fingerprint density at radius 1 is 0.973 bits per heavy atom. The Kier molecular flexibility index (Phi) is 15.1. The molecule has 73 heavy (non-hydrogen) atoms. The van der Waals surface area contributed by atoms with Gasteiger partial charge in [-0.15, -0.1) is 0 Å². The van der Waals surface area contributed by atoms with E-state index in [4.69, 9.17) is 40.3 Å². The fourth-order valence-electron chi connectivity index (χ4n) is 11.0. The van der Waals surface area contributed by atoms with E-state index in [0.717, 1.165) is 55.1 Å². The normalized spacial score (nSPS) is 22.2. The van der Waals surface area contributed by atoms with Gasteiger partial charge in [-0.3, -0.25) is 9.69 Å². The molecule has 3 atom stereocenters. The van der Waals surface area contributed by atoms with Crippen LogP contribution in [0.5, 0.6) is 5.88 Å². The lowest BCUT2D eigenvalue weighted by atomic mass is 9.71. The molecule has 5 aromatic rings. The largest absolute Gasteiger partial charge is 0.595 e. The van der Waals surface area contributed by atoms with Crippen LogP contribution in [-0.4, -0.2) is 138 Å². The number of aromatic amines is 1. The summed E-state index contributed by atoms with van der Waals surface area (Å²) in [6, 6.07) is 21.2. The lowest BCUT2D eigenvalue weighted by Crippen LogP contribution is -2.99. The number of quaternary nitrogens is 1. The van der Waals surface area contributed by atoms with Gasteiger partial charge in [-0.2, -0.15) is 10.2 Å². The zero-order chi connectivity index (χ0) is 50.9. The van der Waals surface area contributed by atoms with Crippen molar-refractivity contribution in [3.63, 3.8) is 0 Å². The van der Waals surface area contributed by atoms with Gasteiger partial charge >= 0.3 is 0 Å². The molecule has 0 saturated carbocycles. The summed E-state index contributed by atoms with van der Waals surface area (Å²) < 4.78 is 61.3. The molecule has 0 spiro atoms. The fraction of sp³-hybridized carbons (Fsp3) is 0.472. The van der Waals surface area contributed by atoms with Gasteiger partial charge in [-0.1, -0.05) is 37.6 Å². The van der Waals surface area contributed by atoms with Gasteiger partial charge in [0.2, 0.25) is 5.88 Å². The minimum absolute atomic E-state index is 0.0107. The van der Waals surface area contributed by atoms with Gasteiger partial charge in [0, 0.05) is 114 Å². The van der Waals surface area contributed by atoms with Gasteiger partial charge in [0.05, 0.1) is 52.8 Å². The van der Waals surface area contributed by atoms with E-state index in [-0.39, 0.29) is 45.9 Å². The molecular weight excluding hydrogens is 976 g/mol. The van der Waals surface area contributed by atoms with Crippen LogP contribution in [0.15, 0.2) is 89.5 Å². The van der Waals surface area contributed by atoms with Crippen LogP contribution in [0.4, 0.5) is 28.4 Å². The van der Waals surface area contributed by atoms with Crippen LogP contribution < -0.4 is 29.8 Å². The maximum Gasteiger partial charge on any atom is 0.267 e. The third kappa shape index (κ3) is 11.2. The Morgan fingerprint density at radius 2 is 1.79 bits per heavy atom. The zero-order valence-corrected chi connectivity index (χ0v) is 43.2. The van der Waals surface area contributed by atoms with Crippen molar-refractivity contribution in [1.29, 1.82) is 0 Å². The Balaban J connectivity index is 0.966. The fourth-order valence-corrected chi connectivity index (χ4v) is 12.1. The number of H-pyrrole nitrogens is 1. The molecule has 1 aliphatic carbocycles. The number of fused-ring (bicyclic) bond motifs is 4. The molecule has 18 nitrogen and oxygen atoms in total. The van der Waals surface area contributed by atoms with Crippen molar-refractivity contribution in [3.05, 3.63) is 106 Å². The average Bonchev–Trinajstić information content (AvgIpc) is 3.73. The molecule has 2 aromatic heterocycles. The number of piperazine rings is 1. The molecule has 3 fully saturated rings. The quantitative estimate of drug-likeness (QED) is 0.0859. The molecule has 5 N–H and O–H groups in total. The number of amides is 1. The number of hydrogen-bond donors (Lipinski definition) is 5. The van der Waals surface area contributed by atoms with Gasteiger partial charge in [0.1, 0.15) is 11.3 Å². The summed E-state index contributed by atoms with van der Waals surface area (Å²) in [5, 5.41) is 26.2. The molecule has 3 saturated heterocycles. The number of sulfonamides is 1. The summed E-state index contributed by atoms with van der Waals surface area (Å²) in [5.74, 6) is -0.507. The highest BCUT2D eigenvalue weighted by atomic mass is 35.5. The van der Waals surface area contributed by atoms with E-state index in [0.29, 0.717) is 106 Å². The van der Waals surface area contributed by atoms with Crippen LogP contribution in [0, 0.1) is 10.6 Å². The van der Waals surface area contributed by atoms with Crippen LogP contribution in [0.2, 0.25) is 5.02 Å². The first-order valence-corrected chi connectivity index (χ1v) is 27.0. The number of aromatic nitrogens is 2. The molecule has 1 amide bonds. The lowest BCUT2D eigenvalue weighted by molar-refractivity contribution is -0.990. The minimum Gasteiger partial charge on any atom is -0.595 e. The van der Waals surface area contributed by atoms with E-state index in [1.165, 1.54) is 23.3 Å². The Labute approximate surface area is 431 Å². The van der Waals surface area contributed by atoms with Crippen molar-refractivity contribution < 1.29 is 47.3 Å². The SMILES string of the molecule is COC1(CNc2ccc(S(=O)(=O)NC(=O)c3ccc(N4CCN5CC6=C(c7ccc(Cl)cc7)CC(C)(C)C[C@H]6OCCCOCC5C4)cc3N3CCCOc4nc5[nH]ccc5cc43)cc2[NH+]([O-])O)CCOCC1. The highest BCUT2D eigenvalue weighted by Gasteiger charge is 2.39. The number of ether oxygens (including phenoxy) is 5. The lowest BCUT2D eigenvalue weighted by Gasteiger charge is -2.45. The second-order valence-corrected chi connectivity index (χ2v) is 22.6. The number of hydrogen-bond acceptors (Lipinski definition) is 15. The molecule has 390 valence electrons. The predicted molar refractivity (Wildman–Crippen MR) is 279 cm³/mol. The molecule has 6 heterocycles. The summed E-state index contributed by atoms with van der Waals surface area (Å²) in [6.07, 6.45) is 6.18. The van der Waals surface area contributed by atoms with Crippen LogP contribution in [0.3, 0.4) is 0 Å². The number of benzene rings is 3. The first-order chi connectivity index (χ1) is 35.2. The van der Waals surface area contributed by atoms with Crippen molar-refractivity contribution in [2.45, 2.75) is 75.0 Å². The number of nitrogens with one attached hydrogen (secondary N) is 4. The van der Waals surface area contributed by atoms with E-state index in [1.54, 1.807) is 19.4 Å². The molecule has 20 heteroatoms. The number of rotatable bonds is 11. The average molecular weight is 1040 g/mol. The van der Waals surface area contributed by atoms with Crippen molar-refractivity contribution >= 4 is 72.6 Å². The van der Waals surface area contributed by atoms with Gasteiger partial charge in [-0.25, -0.2) is 18.3 Å². The molecule has 5 aliphatic rings. The molecule has 2 unspecified atom stereocenters. The number of carbonyl (C=O) groups excluding carboxylic acids is 1. The molecule has 10 rings (SSSR count). The first-order valence-electron chi connectivity index (χ1n) is 25.2. The number of allylic oxidation sites excluding steroid dienone is 1. The molecule has 0 bridgehead atoms. The molecule has 4 aliphatic heterocycles. The van der Waals surface area contributed by atoms with Gasteiger partial charge in [-0.05, 0) is 102 Å². The van der Waals surface area contributed by atoms with Gasteiger partial charge in [0.25, 0.3) is 15.9 Å². The second-order valence-electron chi connectivity index (χ2n) is 20.5. The van der Waals surface area contributed by atoms with E-state index in [2.05, 4.69) is 50.8 Å². The van der Waals surface area contributed by atoms with Crippen molar-refractivity contribution in [1.82, 2.24) is 19.6 Å². The van der Waals surface area contributed by atoms with Gasteiger partial charge < -0.3 is 49.0 Å². The van der Waals surface area contributed by atoms with E-state index < -0.39 is 26.8 Å². The topological polar surface area (TPSA) is 208 Å². The van der Waals surface area contributed by atoms with Crippen LogP contribution in [-0.2, 0) is 29.0 Å². The van der Waals surface area contributed by atoms with E-state index in [9.17, 15) is 23.6 Å². The zero-order valence-electron chi connectivity index (χ0n) is 41.6. The number of carbonyl (C=O) groups is 1. The van der Waals surface area contributed by atoms with E-state index in [1.807, 2.05) is 41.3 Å². The van der Waals surface area contributed by atoms with Crippen LogP contribution in [0.1, 0.15) is 68.3 Å². The van der Waals surface area contributed by atoms with Crippen LogP contribution >= 0.6 is 11.6 Å². The Bertz CT molecular complexity index is 2950. The van der Waals surface area contributed by atoms with Crippen LogP contribution in [0.25, 0.3) is 16.6 Å². The molecule has 3 aromatic carbocycles. The van der Waals surface area contributed by atoms with E-state index >= 15 is 0 Å². The Morgan fingerprint density at radius 3 is 2.59 bits per heavy atom. The predicted octanol–water partition coefficient (Wildman–Crippen LogP) is 6.84. The molecular formula is C53H65ClN8O10S. The van der Waals surface area contributed by atoms with Crippen molar-refractivity contribution in [2.75, 3.05) is 101 Å². The maximum absolute atomic E-state index is 14.7. The number of anilines is 4.